The van der Waals surface area contributed by atoms with Gasteiger partial charge in [-0.2, -0.15) is 0 Å². The van der Waals surface area contributed by atoms with Crippen LogP contribution in [0.5, 0.6) is 0 Å². The average molecular weight is 323 g/mol. The molecule has 0 heterocycles. The van der Waals surface area contributed by atoms with Gasteiger partial charge in [-0.15, -0.1) is 0 Å². The Kier molecular flexibility index (Phi) is 10.5. The minimum atomic E-state index is -2.74. The number of hydrogen-bond donors (Lipinski definition) is 4. The molecule has 0 saturated heterocycles. The summed E-state index contributed by atoms with van der Waals surface area (Å²) < 4.78 is 0. The van der Waals surface area contributed by atoms with Crippen LogP contribution in [0.3, 0.4) is 0 Å². The van der Waals surface area contributed by atoms with Gasteiger partial charge in [0.25, 0.3) is 0 Å². The second-order valence-corrected chi connectivity index (χ2v) is 2.48. The zero-order valence-electron chi connectivity index (χ0n) is 7.84. The Morgan fingerprint density at radius 2 is 1.13 bits per heavy atom. The van der Waals surface area contributed by atoms with Crippen molar-refractivity contribution >= 4 is 17.9 Å². The Morgan fingerprint density at radius 3 is 1.27 bits per heavy atom. The Balaban J connectivity index is -0.000000720. The van der Waals surface area contributed by atoms with E-state index in [-0.39, 0.29) is 39.0 Å². The van der Waals surface area contributed by atoms with E-state index in [0.717, 1.165) is 0 Å². The Labute approximate surface area is 110 Å². The van der Waals surface area contributed by atoms with Gasteiger partial charge in [-0.1, -0.05) is 0 Å². The van der Waals surface area contributed by atoms with Crippen LogP contribution in [0.1, 0.15) is 12.8 Å². The van der Waals surface area contributed by atoms with E-state index >= 15 is 0 Å². The number of carbonyl (C=O) groups is 3. The third kappa shape index (κ3) is 7.53. The molecule has 0 aliphatic carbocycles. The minimum absolute atomic E-state index is 0. The van der Waals surface area contributed by atoms with Crippen molar-refractivity contribution in [3.63, 3.8) is 0 Å². The van der Waals surface area contributed by atoms with Crippen molar-refractivity contribution in [3.8, 4) is 0 Å². The maximum absolute atomic E-state index is 10.3. The molecule has 0 aromatic carbocycles. The monoisotopic (exact) mass is 320 g/mol. The number of aliphatic hydroxyl groups is 1. The van der Waals surface area contributed by atoms with Gasteiger partial charge in [0, 0.05) is 0 Å². The van der Waals surface area contributed by atoms with E-state index in [1.165, 1.54) is 0 Å². The van der Waals surface area contributed by atoms with Crippen LogP contribution in [-0.2, 0) is 53.3 Å². The van der Waals surface area contributed by atoms with Crippen molar-refractivity contribution in [3.05, 3.63) is 0 Å². The first-order chi connectivity index (χ1) is 5.78. The first-order valence-corrected chi connectivity index (χ1v) is 3.17. The SMILES string of the molecule is O=C(O)CC(O)(CC(=O)O)C(=O)O.[Zn+2].[Zn+2]. The van der Waals surface area contributed by atoms with Crippen LogP contribution in [-0.4, -0.2) is 43.9 Å². The fourth-order valence-corrected chi connectivity index (χ4v) is 0.714. The Morgan fingerprint density at radius 1 is 0.867 bits per heavy atom. The molecular formula is C6H8O7Zn2+4. The van der Waals surface area contributed by atoms with Crippen molar-refractivity contribution in [2.24, 2.45) is 0 Å². The zero-order chi connectivity index (χ0) is 10.6. The van der Waals surface area contributed by atoms with Crippen LogP contribution in [0.15, 0.2) is 0 Å². The molecule has 7 nitrogen and oxygen atoms in total. The molecule has 0 spiro atoms. The minimum Gasteiger partial charge on any atom is -0.481 e. The number of rotatable bonds is 5. The first-order valence-electron chi connectivity index (χ1n) is 3.17. The fourth-order valence-electron chi connectivity index (χ4n) is 0.714. The van der Waals surface area contributed by atoms with Gasteiger partial charge in [0.2, 0.25) is 0 Å². The molecule has 0 rings (SSSR count). The van der Waals surface area contributed by atoms with Crippen molar-refractivity contribution in [1.29, 1.82) is 0 Å². The summed E-state index contributed by atoms with van der Waals surface area (Å²) in [6.45, 7) is 0. The van der Waals surface area contributed by atoms with Crippen molar-refractivity contribution in [2.45, 2.75) is 18.4 Å². The fraction of sp³-hybridized carbons (Fsp3) is 0.500. The predicted molar refractivity (Wildman–Crippen MR) is 37.1 cm³/mol. The van der Waals surface area contributed by atoms with Gasteiger partial charge in [-0.05, 0) is 0 Å². The molecule has 0 bridgehead atoms. The number of hydrogen-bond acceptors (Lipinski definition) is 4. The molecule has 0 saturated carbocycles. The van der Waals surface area contributed by atoms with Crippen LogP contribution in [0.2, 0.25) is 0 Å². The third-order valence-corrected chi connectivity index (χ3v) is 1.29. The topological polar surface area (TPSA) is 132 Å². The molecule has 0 fully saturated rings. The molecule has 0 unspecified atom stereocenters. The molecule has 4 N–H and O–H groups in total. The quantitative estimate of drug-likeness (QED) is 0.465. The van der Waals surface area contributed by atoms with Crippen molar-refractivity contribution < 1.29 is 73.8 Å². The molecule has 0 radical (unpaired) electrons. The normalized spacial score (nSPS) is 9.40. The van der Waals surface area contributed by atoms with Crippen LogP contribution in [0.25, 0.3) is 0 Å². The van der Waals surface area contributed by atoms with Crippen molar-refractivity contribution in [2.75, 3.05) is 0 Å². The molecular weight excluding hydrogens is 315 g/mol. The summed E-state index contributed by atoms with van der Waals surface area (Å²) in [5, 5.41) is 33.8. The van der Waals surface area contributed by atoms with E-state index in [1.54, 1.807) is 0 Å². The molecule has 0 amide bonds. The maximum atomic E-state index is 10.3. The third-order valence-electron chi connectivity index (χ3n) is 1.29. The molecule has 0 aliphatic rings. The molecule has 74 valence electrons. The van der Waals surface area contributed by atoms with E-state index in [1.807, 2.05) is 0 Å². The van der Waals surface area contributed by atoms with Gasteiger partial charge < -0.3 is 20.4 Å². The van der Waals surface area contributed by atoms with Crippen LogP contribution in [0, 0.1) is 0 Å². The molecule has 0 aliphatic heterocycles. The van der Waals surface area contributed by atoms with Crippen LogP contribution in [0.4, 0.5) is 0 Å². The van der Waals surface area contributed by atoms with Gasteiger partial charge in [0.15, 0.2) is 5.60 Å². The second-order valence-electron chi connectivity index (χ2n) is 2.48. The maximum Gasteiger partial charge on any atom is 2.00 e. The molecule has 0 aromatic rings. The van der Waals surface area contributed by atoms with Gasteiger partial charge in [-0.3, -0.25) is 9.59 Å². The van der Waals surface area contributed by atoms with E-state index < -0.39 is 36.4 Å². The summed E-state index contributed by atoms with van der Waals surface area (Å²) in [4.78, 5) is 30.5. The summed E-state index contributed by atoms with van der Waals surface area (Å²) in [5.41, 5.74) is -2.74. The van der Waals surface area contributed by atoms with Gasteiger partial charge in [-0.25, -0.2) is 4.79 Å². The molecule has 9 heteroatoms. The zero-order valence-corrected chi connectivity index (χ0v) is 13.8. The molecule has 0 aromatic heterocycles. The van der Waals surface area contributed by atoms with Crippen LogP contribution < -0.4 is 0 Å². The average Bonchev–Trinajstić information content (AvgIpc) is 1.82. The van der Waals surface area contributed by atoms with Gasteiger partial charge >= 0.3 is 56.9 Å². The summed E-state index contributed by atoms with van der Waals surface area (Å²) in [7, 11) is 0. The standard InChI is InChI=1S/C6H8O7.2Zn/c7-3(8)1-6(13,5(11)12)2-4(9)10;;/h13H,1-2H2,(H,7,8)(H,9,10)(H,11,12);;/q;2*+2. The first kappa shape index (κ1) is 20.1. The number of aliphatic carboxylic acids is 3. The number of carboxylic acids is 3. The van der Waals surface area contributed by atoms with E-state index in [2.05, 4.69) is 0 Å². The Hall–Kier alpha value is -0.383. The molecule has 0 atom stereocenters. The molecule has 15 heavy (non-hydrogen) atoms. The van der Waals surface area contributed by atoms with E-state index in [9.17, 15) is 14.4 Å². The summed E-state index contributed by atoms with van der Waals surface area (Å²) >= 11 is 0. The summed E-state index contributed by atoms with van der Waals surface area (Å²) in [5.74, 6) is -5.02. The van der Waals surface area contributed by atoms with Crippen molar-refractivity contribution in [1.82, 2.24) is 0 Å². The van der Waals surface area contributed by atoms with E-state index in [0.29, 0.717) is 0 Å². The Bertz CT molecular complexity index is 236. The van der Waals surface area contributed by atoms with Gasteiger partial charge in [0.05, 0.1) is 12.8 Å². The van der Waals surface area contributed by atoms with Crippen LogP contribution >= 0.6 is 0 Å². The summed E-state index contributed by atoms with van der Waals surface area (Å²) in [6, 6.07) is 0. The largest absolute Gasteiger partial charge is 2.00 e. The predicted octanol–water partition coefficient (Wildman–Crippen LogP) is -1.25. The van der Waals surface area contributed by atoms with Gasteiger partial charge in [0.1, 0.15) is 0 Å². The van der Waals surface area contributed by atoms with E-state index in [4.69, 9.17) is 20.4 Å². The smallest absolute Gasteiger partial charge is 0.481 e. The summed E-state index contributed by atoms with van der Waals surface area (Å²) in [6.07, 6.45) is -2.29. The second kappa shape index (κ2) is 7.85. The number of carboxylic acid groups (broad SMARTS) is 3.